The van der Waals surface area contributed by atoms with Crippen molar-refractivity contribution >= 4 is 38.5 Å². The van der Waals surface area contributed by atoms with Crippen molar-refractivity contribution in [2.75, 3.05) is 19.8 Å². The van der Waals surface area contributed by atoms with Crippen LogP contribution in [0.1, 0.15) is 10.5 Å². The Balaban J connectivity index is 2.39. The summed E-state index contributed by atoms with van der Waals surface area (Å²) in [5, 5.41) is 20.7. The SMILES string of the molecule is CN(C)C(=O)c1ccc2c(O)c3c(c(O)c2n1)N=CCS3(=O)=O. The van der Waals surface area contributed by atoms with E-state index in [-0.39, 0.29) is 33.9 Å². The number of carbonyl (C=O) groups excluding carboxylic acids is 1. The maximum Gasteiger partial charge on any atom is 0.271 e. The van der Waals surface area contributed by atoms with Gasteiger partial charge in [-0.3, -0.25) is 9.79 Å². The van der Waals surface area contributed by atoms with Crippen LogP contribution in [0.4, 0.5) is 5.69 Å². The summed E-state index contributed by atoms with van der Waals surface area (Å²) in [4.78, 5) is 20.8. The number of aromatic nitrogens is 1. The van der Waals surface area contributed by atoms with E-state index in [0.29, 0.717) is 0 Å². The van der Waals surface area contributed by atoms with Crippen LogP contribution in [-0.2, 0) is 9.84 Å². The maximum atomic E-state index is 12.1. The number of benzene rings is 1. The average Bonchev–Trinajstić information content (AvgIpc) is 2.50. The van der Waals surface area contributed by atoms with Crippen LogP contribution in [-0.4, -0.2) is 60.5 Å². The van der Waals surface area contributed by atoms with Gasteiger partial charge in [0.05, 0.1) is 5.75 Å². The molecule has 0 spiro atoms. The number of phenols is 2. The Bertz CT molecular complexity index is 980. The molecule has 2 N–H and O–H groups in total. The molecule has 0 bridgehead atoms. The molecule has 0 saturated carbocycles. The van der Waals surface area contributed by atoms with E-state index in [1.54, 1.807) is 14.1 Å². The second-order valence-corrected chi connectivity index (χ2v) is 7.23. The molecule has 0 atom stereocenters. The molecule has 0 saturated heterocycles. The highest BCUT2D eigenvalue weighted by Crippen LogP contribution is 2.47. The smallest absolute Gasteiger partial charge is 0.271 e. The average molecular weight is 335 g/mol. The molecule has 1 aliphatic rings. The molecular formula is C14H13N3O5S. The Hall–Kier alpha value is -2.68. The Morgan fingerprint density at radius 2 is 1.91 bits per heavy atom. The zero-order chi connectivity index (χ0) is 16.9. The number of phenolic OH excluding ortho intramolecular Hbond substituents is 2. The largest absolute Gasteiger partial charge is 0.506 e. The monoisotopic (exact) mass is 335 g/mol. The lowest BCUT2D eigenvalue weighted by atomic mass is 10.1. The molecule has 1 amide bonds. The fourth-order valence-corrected chi connectivity index (χ4v) is 3.64. The standard InChI is InChI=1S/C14H13N3O5S/c1-17(2)14(20)8-4-3-7-9(16-8)12(19)10-13(11(7)18)23(21,22)6-5-15-10/h3-5,18-19H,6H2,1-2H3. The van der Waals surface area contributed by atoms with E-state index < -0.39 is 26.2 Å². The highest BCUT2D eigenvalue weighted by Gasteiger charge is 2.31. The predicted octanol–water partition coefficient (Wildman–Crippen LogP) is 0.837. The first-order valence-corrected chi connectivity index (χ1v) is 8.25. The summed E-state index contributed by atoms with van der Waals surface area (Å²) in [7, 11) is -0.687. The third-order valence-electron chi connectivity index (χ3n) is 3.48. The maximum absolute atomic E-state index is 12.1. The van der Waals surface area contributed by atoms with Gasteiger partial charge in [-0.1, -0.05) is 0 Å². The number of hydrogen-bond donors (Lipinski definition) is 2. The Kier molecular flexibility index (Phi) is 3.25. The van der Waals surface area contributed by atoms with Gasteiger partial charge < -0.3 is 15.1 Å². The molecular weight excluding hydrogens is 322 g/mol. The minimum atomic E-state index is -3.79. The van der Waals surface area contributed by atoms with Gasteiger partial charge in [0.15, 0.2) is 15.6 Å². The summed E-state index contributed by atoms with van der Waals surface area (Å²) in [6.45, 7) is 0. The molecule has 0 fully saturated rings. The highest BCUT2D eigenvalue weighted by atomic mass is 32.2. The van der Waals surface area contributed by atoms with Gasteiger partial charge in [-0.2, -0.15) is 0 Å². The van der Waals surface area contributed by atoms with Crippen molar-refractivity contribution in [1.82, 2.24) is 9.88 Å². The first-order chi connectivity index (χ1) is 10.7. The van der Waals surface area contributed by atoms with Crippen LogP contribution in [0.5, 0.6) is 11.5 Å². The van der Waals surface area contributed by atoms with Crippen molar-refractivity contribution in [1.29, 1.82) is 0 Å². The van der Waals surface area contributed by atoms with Gasteiger partial charge in [0.25, 0.3) is 5.91 Å². The molecule has 2 aromatic rings. The number of pyridine rings is 1. The Morgan fingerprint density at radius 1 is 1.22 bits per heavy atom. The van der Waals surface area contributed by atoms with Gasteiger partial charge >= 0.3 is 0 Å². The lowest BCUT2D eigenvalue weighted by Crippen LogP contribution is -2.22. The van der Waals surface area contributed by atoms with Gasteiger partial charge in [-0.15, -0.1) is 0 Å². The number of rotatable bonds is 1. The quantitative estimate of drug-likeness (QED) is 0.745. The van der Waals surface area contributed by atoms with Crippen LogP contribution in [0, 0.1) is 0 Å². The highest BCUT2D eigenvalue weighted by molar-refractivity contribution is 7.92. The molecule has 0 radical (unpaired) electrons. The predicted molar refractivity (Wildman–Crippen MR) is 83.3 cm³/mol. The van der Waals surface area contributed by atoms with Crippen molar-refractivity contribution in [3.05, 3.63) is 17.8 Å². The minimum absolute atomic E-state index is 0.0391. The molecule has 1 aliphatic heterocycles. The molecule has 8 nitrogen and oxygen atoms in total. The fourth-order valence-electron chi connectivity index (χ4n) is 2.36. The van der Waals surface area contributed by atoms with Crippen LogP contribution in [0.3, 0.4) is 0 Å². The molecule has 9 heteroatoms. The molecule has 2 heterocycles. The van der Waals surface area contributed by atoms with Crippen molar-refractivity contribution < 1.29 is 23.4 Å². The van der Waals surface area contributed by atoms with Gasteiger partial charge in [0.1, 0.15) is 27.5 Å². The minimum Gasteiger partial charge on any atom is -0.506 e. The molecule has 23 heavy (non-hydrogen) atoms. The van der Waals surface area contributed by atoms with Gasteiger partial charge in [0.2, 0.25) is 0 Å². The zero-order valence-electron chi connectivity index (χ0n) is 12.3. The van der Waals surface area contributed by atoms with Crippen molar-refractivity contribution in [3.8, 4) is 11.5 Å². The van der Waals surface area contributed by atoms with Crippen LogP contribution in [0.25, 0.3) is 10.9 Å². The fraction of sp³-hybridized carbons (Fsp3) is 0.214. The summed E-state index contributed by atoms with van der Waals surface area (Å²) in [5.74, 6) is -1.76. The normalized spacial score (nSPS) is 15.4. The number of hydrogen-bond acceptors (Lipinski definition) is 7. The number of aromatic hydroxyl groups is 2. The van der Waals surface area contributed by atoms with Crippen molar-refractivity contribution in [2.45, 2.75) is 4.90 Å². The van der Waals surface area contributed by atoms with Crippen LogP contribution in [0.15, 0.2) is 22.0 Å². The second-order valence-electron chi connectivity index (χ2n) is 5.26. The first kappa shape index (κ1) is 15.2. The van der Waals surface area contributed by atoms with Gasteiger partial charge in [-0.25, -0.2) is 13.4 Å². The van der Waals surface area contributed by atoms with E-state index in [9.17, 15) is 23.4 Å². The lowest BCUT2D eigenvalue weighted by Gasteiger charge is -2.16. The summed E-state index contributed by atoms with van der Waals surface area (Å²) in [6.07, 6.45) is 1.14. The molecule has 120 valence electrons. The van der Waals surface area contributed by atoms with E-state index in [1.807, 2.05) is 0 Å². The molecule has 0 aliphatic carbocycles. The van der Waals surface area contributed by atoms with Gasteiger partial charge in [-0.05, 0) is 12.1 Å². The second kappa shape index (κ2) is 4.92. The zero-order valence-corrected chi connectivity index (χ0v) is 13.1. The van der Waals surface area contributed by atoms with E-state index in [0.717, 1.165) is 6.21 Å². The molecule has 1 aromatic carbocycles. The number of fused-ring (bicyclic) bond motifs is 2. The van der Waals surface area contributed by atoms with Crippen molar-refractivity contribution in [2.24, 2.45) is 4.99 Å². The molecule has 1 aromatic heterocycles. The topological polar surface area (TPSA) is 120 Å². The molecule has 0 unspecified atom stereocenters. The Morgan fingerprint density at radius 3 is 2.57 bits per heavy atom. The van der Waals surface area contributed by atoms with E-state index in [1.165, 1.54) is 17.0 Å². The van der Waals surface area contributed by atoms with Gasteiger partial charge in [0, 0.05) is 25.7 Å². The van der Waals surface area contributed by atoms with E-state index in [2.05, 4.69) is 9.98 Å². The Labute approximate surface area is 131 Å². The summed E-state index contributed by atoms with van der Waals surface area (Å²) >= 11 is 0. The third-order valence-corrected chi connectivity index (χ3v) is 5.08. The summed E-state index contributed by atoms with van der Waals surface area (Å²) < 4.78 is 24.2. The third kappa shape index (κ3) is 2.20. The number of carbonyl (C=O) groups is 1. The summed E-state index contributed by atoms with van der Waals surface area (Å²) in [5.41, 5.74) is -0.286. The summed E-state index contributed by atoms with van der Waals surface area (Å²) in [6, 6.07) is 2.71. The number of amides is 1. The number of sulfone groups is 1. The van der Waals surface area contributed by atoms with Crippen molar-refractivity contribution in [3.63, 3.8) is 0 Å². The number of aliphatic imine (C=N–C) groups is 1. The first-order valence-electron chi connectivity index (χ1n) is 6.59. The lowest BCUT2D eigenvalue weighted by molar-refractivity contribution is 0.0822. The molecule has 3 rings (SSSR count). The van der Waals surface area contributed by atoms with E-state index >= 15 is 0 Å². The van der Waals surface area contributed by atoms with Crippen LogP contribution in [0.2, 0.25) is 0 Å². The van der Waals surface area contributed by atoms with E-state index in [4.69, 9.17) is 0 Å². The number of nitrogens with zero attached hydrogens (tertiary/aromatic N) is 3. The van der Waals surface area contributed by atoms with Crippen LogP contribution < -0.4 is 0 Å². The van der Waals surface area contributed by atoms with Crippen LogP contribution >= 0.6 is 0 Å².